The fraction of sp³-hybridized carbons (Fsp3) is 0.250. The monoisotopic (exact) mass is 366 g/mol. The summed E-state index contributed by atoms with van der Waals surface area (Å²) in [5.74, 6) is -0.790. The summed E-state index contributed by atoms with van der Waals surface area (Å²) in [6.07, 6.45) is 0.645. The van der Waals surface area contributed by atoms with Crippen LogP contribution < -0.4 is 5.32 Å². The van der Waals surface area contributed by atoms with Gasteiger partial charge in [0.1, 0.15) is 6.04 Å². The number of hydrogen-bond donors (Lipinski definition) is 1. The Bertz CT molecular complexity index is 908. The number of carbonyl (C=O) groups excluding carboxylic acids is 3. The average molecular weight is 366 g/mol. The molecule has 1 unspecified atom stereocenters. The molecule has 1 fully saturated rings. The zero-order chi connectivity index (χ0) is 18.3. The van der Waals surface area contributed by atoms with Gasteiger partial charge in [0.25, 0.3) is 5.91 Å². The molecule has 0 spiro atoms. The number of hydrogen-bond acceptors (Lipinski definition) is 4. The quantitative estimate of drug-likeness (QED) is 0.849. The first-order valence-corrected chi connectivity index (χ1v) is 9.35. The normalized spacial score (nSPS) is 19.5. The molecule has 2 heterocycles. The highest BCUT2D eigenvalue weighted by molar-refractivity contribution is 7.99. The van der Waals surface area contributed by atoms with E-state index < -0.39 is 6.04 Å². The molecule has 1 saturated heterocycles. The molecule has 6 heteroatoms. The summed E-state index contributed by atoms with van der Waals surface area (Å²) < 4.78 is 0. The third-order valence-corrected chi connectivity index (χ3v) is 5.90. The summed E-state index contributed by atoms with van der Waals surface area (Å²) >= 11 is 1.62. The molecule has 2 aromatic carbocycles. The summed E-state index contributed by atoms with van der Waals surface area (Å²) in [5, 5.41) is 2.34. The molecule has 2 aliphatic heterocycles. The van der Waals surface area contributed by atoms with Gasteiger partial charge in [-0.3, -0.25) is 19.7 Å². The van der Waals surface area contributed by atoms with Gasteiger partial charge in [0, 0.05) is 28.3 Å². The molecule has 132 valence electrons. The maximum atomic E-state index is 12.8. The van der Waals surface area contributed by atoms with Crippen LogP contribution in [0.3, 0.4) is 0 Å². The largest absolute Gasteiger partial charge is 0.322 e. The van der Waals surface area contributed by atoms with Crippen molar-refractivity contribution >= 4 is 29.5 Å². The molecule has 2 aliphatic rings. The Kier molecular flexibility index (Phi) is 4.28. The Morgan fingerprint density at radius 2 is 1.85 bits per heavy atom. The fourth-order valence-corrected chi connectivity index (χ4v) is 4.36. The zero-order valence-electron chi connectivity index (χ0n) is 14.3. The van der Waals surface area contributed by atoms with Crippen LogP contribution in [0.25, 0.3) is 0 Å². The summed E-state index contributed by atoms with van der Waals surface area (Å²) in [5.41, 5.74) is 2.80. The molecule has 0 radical (unpaired) electrons. The Balaban J connectivity index is 1.61. The Morgan fingerprint density at radius 3 is 2.58 bits per heavy atom. The van der Waals surface area contributed by atoms with Gasteiger partial charge in [0.05, 0.1) is 0 Å². The lowest BCUT2D eigenvalue weighted by Gasteiger charge is -2.29. The molecule has 3 amide bonds. The molecule has 0 saturated carbocycles. The van der Waals surface area contributed by atoms with Crippen molar-refractivity contribution in [3.63, 3.8) is 0 Å². The van der Waals surface area contributed by atoms with Gasteiger partial charge in [-0.2, -0.15) is 0 Å². The second-order valence-corrected chi connectivity index (χ2v) is 7.71. The first kappa shape index (κ1) is 16.8. The Hall–Kier alpha value is -2.60. The molecule has 4 rings (SSSR count). The van der Waals surface area contributed by atoms with Crippen molar-refractivity contribution in [3.05, 3.63) is 59.2 Å². The topological polar surface area (TPSA) is 66.5 Å². The lowest BCUT2D eigenvalue weighted by Crippen LogP contribution is -2.52. The number of imide groups is 1. The van der Waals surface area contributed by atoms with Gasteiger partial charge in [0.2, 0.25) is 11.8 Å². The highest BCUT2D eigenvalue weighted by atomic mass is 32.2. The maximum absolute atomic E-state index is 12.8. The predicted molar refractivity (Wildman–Crippen MR) is 97.8 cm³/mol. The number of benzene rings is 2. The van der Waals surface area contributed by atoms with Crippen LogP contribution >= 0.6 is 11.8 Å². The van der Waals surface area contributed by atoms with Crippen LogP contribution in [0.1, 0.15) is 34.3 Å². The van der Waals surface area contributed by atoms with Gasteiger partial charge in [-0.15, -0.1) is 0 Å². The van der Waals surface area contributed by atoms with Gasteiger partial charge >= 0.3 is 0 Å². The van der Waals surface area contributed by atoms with Crippen molar-refractivity contribution < 1.29 is 14.4 Å². The van der Waals surface area contributed by atoms with Crippen LogP contribution in [0.2, 0.25) is 0 Å². The van der Waals surface area contributed by atoms with E-state index in [1.807, 2.05) is 25.1 Å². The van der Waals surface area contributed by atoms with E-state index in [1.165, 1.54) is 5.56 Å². The highest BCUT2D eigenvalue weighted by Gasteiger charge is 2.39. The van der Waals surface area contributed by atoms with E-state index in [4.69, 9.17) is 0 Å². The first-order valence-electron chi connectivity index (χ1n) is 8.54. The maximum Gasteiger partial charge on any atom is 0.255 e. The molecule has 26 heavy (non-hydrogen) atoms. The van der Waals surface area contributed by atoms with Crippen LogP contribution in [-0.4, -0.2) is 28.7 Å². The number of aryl methyl sites for hydroxylation is 1. The van der Waals surface area contributed by atoms with E-state index in [2.05, 4.69) is 29.6 Å². The van der Waals surface area contributed by atoms with Gasteiger partial charge in [0.15, 0.2) is 0 Å². The number of amides is 3. The van der Waals surface area contributed by atoms with Crippen molar-refractivity contribution in [2.24, 2.45) is 0 Å². The third-order valence-electron chi connectivity index (χ3n) is 4.79. The molecule has 0 bridgehead atoms. The van der Waals surface area contributed by atoms with Crippen molar-refractivity contribution in [3.8, 4) is 0 Å². The number of nitrogens with one attached hydrogen (secondary N) is 1. The second kappa shape index (κ2) is 6.61. The minimum atomic E-state index is -0.579. The number of rotatable bonds is 3. The van der Waals surface area contributed by atoms with E-state index in [-0.39, 0.29) is 24.1 Å². The van der Waals surface area contributed by atoms with E-state index in [9.17, 15) is 14.4 Å². The molecular formula is C20H18N2O3S. The standard InChI is InChI=1S/C20H18N2O3S/c1-12-5-7-13(8-6-12)26-17-4-2-3-14-15(17)11-22(20(14)25)16-9-10-18(23)21-19(16)24/h2-8,16H,9-11H2,1H3,(H,21,23,24). The summed E-state index contributed by atoms with van der Waals surface area (Å²) in [6, 6.07) is 13.4. The summed E-state index contributed by atoms with van der Waals surface area (Å²) in [7, 11) is 0. The van der Waals surface area contributed by atoms with Gasteiger partial charge in [-0.1, -0.05) is 35.5 Å². The SMILES string of the molecule is Cc1ccc(Sc2cccc3c2CN(C2CCC(=O)NC2=O)C3=O)cc1. The number of carbonyl (C=O) groups is 3. The summed E-state index contributed by atoms with van der Waals surface area (Å²) in [6.45, 7) is 2.45. The van der Waals surface area contributed by atoms with Crippen LogP contribution in [0, 0.1) is 6.92 Å². The number of piperidine rings is 1. The minimum Gasteiger partial charge on any atom is -0.322 e. The molecule has 2 aromatic rings. The second-order valence-electron chi connectivity index (χ2n) is 6.60. The molecular weight excluding hydrogens is 348 g/mol. The van der Waals surface area contributed by atoms with Crippen molar-refractivity contribution in [1.82, 2.24) is 10.2 Å². The predicted octanol–water partition coefficient (Wildman–Crippen LogP) is 2.91. The van der Waals surface area contributed by atoms with E-state index in [0.29, 0.717) is 18.5 Å². The van der Waals surface area contributed by atoms with E-state index in [0.717, 1.165) is 15.4 Å². The first-order chi connectivity index (χ1) is 12.5. The molecule has 1 N–H and O–H groups in total. The minimum absolute atomic E-state index is 0.138. The lowest BCUT2D eigenvalue weighted by atomic mass is 10.0. The van der Waals surface area contributed by atoms with Crippen LogP contribution in [0.4, 0.5) is 0 Å². The Labute approximate surface area is 155 Å². The highest BCUT2D eigenvalue weighted by Crippen LogP contribution is 2.37. The molecule has 0 aliphatic carbocycles. The van der Waals surface area contributed by atoms with Gasteiger partial charge < -0.3 is 4.90 Å². The smallest absolute Gasteiger partial charge is 0.255 e. The Morgan fingerprint density at radius 1 is 1.08 bits per heavy atom. The molecule has 1 atom stereocenters. The van der Waals surface area contributed by atoms with Gasteiger partial charge in [-0.25, -0.2) is 0 Å². The van der Waals surface area contributed by atoms with Crippen molar-refractivity contribution in [2.45, 2.75) is 42.1 Å². The van der Waals surface area contributed by atoms with Crippen LogP contribution in [0.5, 0.6) is 0 Å². The van der Waals surface area contributed by atoms with Crippen LogP contribution in [-0.2, 0) is 16.1 Å². The third kappa shape index (κ3) is 3.01. The van der Waals surface area contributed by atoms with E-state index in [1.54, 1.807) is 16.7 Å². The number of fused-ring (bicyclic) bond motifs is 1. The lowest BCUT2D eigenvalue weighted by molar-refractivity contribution is -0.136. The fourth-order valence-electron chi connectivity index (χ4n) is 3.39. The van der Waals surface area contributed by atoms with Crippen LogP contribution in [0.15, 0.2) is 52.3 Å². The number of nitrogens with zero attached hydrogens (tertiary/aromatic N) is 1. The van der Waals surface area contributed by atoms with Crippen molar-refractivity contribution in [1.29, 1.82) is 0 Å². The average Bonchev–Trinajstić information content (AvgIpc) is 2.95. The molecule has 5 nitrogen and oxygen atoms in total. The van der Waals surface area contributed by atoms with Crippen molar-refractivity contribution in [2.75, 3.05) is 0 Å². The van der Waals surface area contributed by atoms with E-state index >= 15 is 0 Å². The zero-order valence-corrected chi connectivity index (χ0v) is 15.1. The van der Waals surface area contributed by atoms with Gasteiger partial charge in [-0.05, 0) is 43.2 Å². The summed E-state index contributed by atoms with van der Waals surface area (Å²) in [4.78, 5) is 40.1. The molecule has 0 aromatic heterocycles.